The average Bonchev–Trinajstić information content (AvgIpc) is 2.29. The van der Waals surface area contributed by atoms with Gasteiger partial charge < -0.3 is 15.8 Å². The predicted octanol–water partition coefficient (Wildman–Crippen LogP) is 2.27. The SMILES string of the molecule is CCC(Nc1cccc(Br)c1COC)C(N)=O. The van der Waals surface area contributed by atoms with Gasteiger partial charge >= 0.3 is 0 Å². The number of carbonyl (C=O) groups is 1. The number of primary amides is 1. The van der Waals surface area contributed by atoms with Crippen LogP contribution in [0.15, 0.2) is 22.7 Å². The van der Waals surface area contributed by atoms with Crippen LogP contribution in [0.25, 0.3) is 0 Å². The van der Waals surface area contributed by atoms with Gasteiger partial charge in [0.15, 0.2) is 0 Å². The molecule has 0 saturated carbocycles. The summed E-state index contributed by atoms with van der Waals surface area (Å²) < 4.78 is 6.09. The molecular formula is C12H17BrN2O2. The van der Waals surface area contributed by atoms with Crippen molar-refractivity contribution in [2.75, 3.05) is 12.4 Å². The molecule has 5 heteroatoms. The summed E-state index contributed by atoms with van der Waals surface area (Å²) in [7, 11) is 1.63. The number of amides is 1. The number of anilines is 1. The summed E-state index contributed by atoms with van der Waals surface area (Å²) in [6, 6.07) is 5.38. The lowest BCUT2D eigenvalue weighted by atomic mass is 10.1. The molecule has 0 aliphatic heterocycles. The molecule has 0 bridgehead atoms. The van der Waals surface area contributed by atoms with Gasteiger partial charge in [-0.15, -0.1) is 0 Å². The van der Waals surface area contributed by atoms with Crippen molar-refractivity contribution in [1.29, 1.82) is 0 Å². The number of hydrogen-bond acceptors (Lipinski definition) is 3. The fourth-order valence-electron chi connectivity index (χ4n) is 1.55. The molecule has 1 aromatic rings. The average molecular weight is 301 g/mol. The van der Waals surface area contributed by atoms with E-state index in [0.717, 1.165) is 15.7 Å². The van der Waals surface area contributed by atoms with E-state index in [1.54, 1.807) is 7.11 Å². The first-order chi connectivity index (χ1) is 8.10. The van der Waals surface area contributed by atoms with Crippen LogP contribution in [-0.2, 0) is 16.1 Å². The molecule has 0 radical (unpaired) electrons. The number of hydrogen-bond donors (Lipinski definition) is 2. The minimum Gasteiger partial charge on any atom is -0.380 e. The number of nitrogens with one attached hydrogen (secondary N) is 1. The molecule has 1 rings (SSSR count). The molecule has 0 aliphatic rings. The monoisotopic (exact) mass is 300 g/mol. The van der Waals surface area contributed by atoms with E-state index in [4.69, 9.17) is 10.5 Å². The van der Waals surface area contributed by atoms with Crippen molar-refractivity contribution < 1.29 is 9.53 Å². The van der Waals surface area contributed by atoms with Crippen LogP contribution in [0, 0.1) is 0 Å². The van der Waals surface area contributed by atoms with Crippen molar-refractivity contribution >= 4 is 27.5 Å². The zero-order valence-corrected chi connectivity index (χ0v) is 11.6. The van der Waals surface area contributed by atoms with E-state index in [-0.39, 0.29) is 11.9 Å². The highest BCUT2D eigenvalue weighted by atomic mass is 79.9. The summed E-state index contributed by atoms with van der Waals surface area (Å²) in [6.45, 7) is 2.38. The fraction of sp³-hybridized carbons (Fsp3) is 0.417. The Balaban J connectivity index is 2.96. The van der Waals surface area contributed by atoms with Crippen molar-refractivity contribution in [3.8, 4) is 0 Å². The molecule has 0 aliphatic carbocycles. The summed E-state index contributed by atoms with van der Waals surface area (Å²) >= 11 is 3.46. The smallest absolute Gasteiger partial charge is 0.239 e. The molecular weight excluding hydrogens is 284 g/mol. The summed E-state index contributed by atoms with van der Waals surface area (Å²) in [6.07, 6.45) is 0.647. The highest BCUT2D eigenvalue weighted by Gasteiger charge is 2.15. The third kappa shape index (κ3) is 3.71. The van der Waals surface area contributed by atoms with Crippen LogP contribution < -0.4 is 11.1 Å². The van der Waals surface area contributed by atoms with Crippen molar-refractivity contribution in [3.63, 3.8) is 0 Å². The predicted molar refractivity (Wildman–Crippen MR) is 71.8 cm³/mol. The first kappa shape index (κ1) is 14.0. The Kier molecular flexibility index (Phi) is 5.44. The molecule has 0 spiro atoms. The van der Waals surface area contributed by atoms with Gasteiger partial charge in [0.25, 0.3) is 0 Å². The molecule has 0 heterocycles. The van der Waals surface area contributed by atoms with Crippen molar-refractivity contribution in [2.45, 2.75) is 26.0 Å². The van der Waals surface area contributed by atoms with E-state index in [2.05, 4.69) is 21.2 Å². The van der Waals surface area contributed by atoms with Crippen LogP contribution in [0.2, 0.25) is 0 Å². The second-order valence-electron chi connectivity index (χ2n) is 3.71. The first-order valence-electron chi connectivity index (χ1n) is 5.42. The lowest BCUT2D eigenvalue weighted by Crippen LogP contribution is -2.35. The van der Waals surface area contributed by atoms with Crippen LogP contribution in [-0.4, -0.2) is 19.1 Å². The van der Waals surface area contributed by atoms with Crippen LogP contribution in [0.4, 0.5) is 5.69 Å². The van der Waals surface area contributed by atoms with Gasteiger partial charge in [-0.1, -0.05) is 28.9 Å². The maximum atomic E-state index is 11.2. The normalized spacial score (nSPS) is 12.2. The zero-order valence-electron chi connectivity index (χ0n) is 10.00. The molecule has 94 valence electrons. The summed E-state index contributed by atoms with van der Waals surface area (Å²) in [4.78, 5) is 11.2. The zero-order chi connectivity index (χ0) is 12.8. The summed E-state index contributed by atoms with van der Waals surface area (Å²) in [5.74, 6) is -0.351. The van der Waals surface area contributed by atoms with Crippen LogP contribution in [0.5, 0.6) is 0 Å². The van der Waals surface area contributed by atoms with Crippen molar-refractivity contribution in [2.24, 2.45) is 5.73 Å². The van der Waals surface area contributed by atoms with Gasteiger partial charge in [-0.3, -0.25) is 4.79 Å². The first-order valence-corrected chi connectivity index (χ1v) is 6.21. The number of nitrogens with two attached hydrogens (primary N) is 1. The van der Waals surface area contributed by atoms with Crippen LogP contribution >= 0.6 is 15.9 Å². The number of rotatable bonds is 6. The number of ether oxygens (including phenoxy) is 1. The van der Waals surface area contributed by atoms with Gasteiger partial charge in [0.1, 0.15) is 6.04 Å². The highest BCUT2D eigenvalue weighted by Crippen LogP contribution is 2.26. The van der Waals surface area contributed by atoms with Crippen LogP contribution in [0.1, 0.15) is 18.9 Å². The third-order valence-corrected chi connectivity index (χ3v) is 3.23. The Morgan fingerprint density at radius 3 is 2.82 bits per heavy atom. The number of halogens is 1. The van der Waals surface area contributed by atoms with Crippen molar-refractivity contribution in [3.05, 3.63) is 28.2 Å². The molecule has 4 nitrogen and oxygen atoms in total. The third-order valence-electron chi connectivity index (χ3n) is 2.49. The van der Waals surface area contributed by atoms with Gasteiger partial charge in [0, 0.05) is 22.8 Å². The van der Waals surface area contributed by atoms with E-state index in [1.165, 1.54) is 0 Å². The lowest BCUT2D eigenvalue weighted by molar-refractivity contribution is -0.118. The number of carbonyl (C=O) groups excluding carboxylic acids is 1. The molecule has 0 aromatic heterocycles. The minimum absolute atomic E-state index is 0.351. The van der Waals surface area contributed by atoms with Crippen LogP contribution in [0.3, 0.4) is 0 Å². The Labute approximate surface area is 110 Å². The molecule has 1 unspecified atom stereocenters. The Morgan fingerprint density at radius 1 is 1.59 bits per heavy atom. The minimum atomic E-state index is -0.361. The maximum Gasteiger partial charge on any atom is 0.239 e. The topological polar surface area (TPSA) is 64.3 Å². The van der Waals surface area contributed by atoms with Gasteiger partial charge in [0.2, 0.25) is 5.91 Å². The molecule has 0 saturated heterocycles. The standard InChI is InChI=1S/C12H17BrN2O2/c1-3-10(12(14)16)15-11-6-4-5-9(13)8(11)7-17-2/h4-6,10,15H,3,7H2,1-2H3,(H2,14,16). The molecule has 1 atom stereocenters. The van der Waals surface area contributed by atoms with Gasteiger partial charge in [-0.05, 0) is 18.6 Å². The Morgan fingerprint density at radius 2 is 2.29 bits per heavy atom. The van der Waals surface area contributed by atoms with Gasteiger partial charge in [-0.2, -0.15) is 0 Å². The Hall–Kier alpha value is -1.07. The van der Waals surface area contributed by atoms with E-state index >= 15 is 0 Å². The van der Waals surface area contributed by atoms with Gasteiger partial charge in [0.05, 0.1) is 6.61 Å². The van der Waals surface area contributed by atoms with Crippen molar-refractivity contribution in [1.82, 2.24) is 0 Å². The largest absolute Gasteiger partial charge is 0.380 e. The van der Waals surface area contributed by atoms with E-state index < -0.39 is 0 Å². The molecule has 17 heavy (non-hydrogen) atoms. The second-order valence-corrected chi connectivity index (χ2v) is 4.56. The lowest BCUT2D eigenvalue weighted by Gasteiger charge is -2.18. The summed E-state index contributed by atoms with van der Waals surface area (Å²) in [5.41, 5.74) is 7.16. The fourth-order valence-corrected chi connectivity index (χ4v) is 2.03. The van der Waals surface area contributed by atoms with E-state index in [1.807, 2.05) is 25.1 Å². The van der Waals surface area contributed by atoms with Gasteiger partial charge in [-0.25, -0.2) is 0 Å². The highest BCUT2D eigenvalue weighted by molar-refractivity contribution is 9.10. The summed E-state index contributed by atoms with van der Waals surface area (Å²) in [5, 5.41) is 3.14. The second kappa shape index (κ2) is 6.61. The Bertz CT molecular complexity index is 396. The molecule has 1 amide bonds. The van der Waals surface area contributed by atoms with E-state index in [0.29, 0.717) is 13.0 Å². The molecule has 1 aromatic carbocycles. The van der Waals surface area contributed by atoms with E-state index in [9.17, 15) is 4.79 Å². The number of methoxy groups -OCH3 is 1. The number of benzene rings is 1. The quantitative estimate of drug-likeness (QED) is 0.847. The maximum absolute atomic E-state index is 11.2. The molecule has 0 fully saturated rings. The molecule has 3 N–H and O–H groups in total.